The lowest BCUT2D eigenvalue weighted by Gasteiger charge is -2.28. The van der Waals surface area contributed by atoms with E-state index in [1.54, 1.807) is 30.2 Å². The molecule has 0 amide bonds. The molecular formula is C24H38N6OS. The molecule has 8 heteroatoms. The molecule has 1 fully saturated rings. The van der Waals surface area contributed by atoms with Crippen LogP contribution in [0, 0.1) is 0 Å². The molecule has 0 unspecified atom stereocenters. The summed E-state index contributed by atoms with van der Waals surface area (Å²) < 4.78 is 0. The van der Waals surface area contributed by atoms with Gasteiger partial charge >= 0.3 is 0 Å². The van der Waals surface area contributed by atoms with Gasteiger partial charge in [-0.3, -0.25) is 4.99 Å². The van der Waals surface area contributed by atoms with Crippen molar-refractivity contribution in [1.82, 2.24) is 15.3 Å². The monoisotopic (exact) mass is 458 g/mol. The summed E-state index contributed by atoms with van der Waals surface area (Å²) >= 11 is 1.61. The van der Waals surface area contributed by atoms with Crippen LogP contribution >= 0.6 is 11.8 Å². The predicted octanol–water partition coefficient (Wildman–Crippen LogP) is 4.88. The van der Waals surface area contributed by atoms with Crippen LogP contribution < -0.4 is 15.5 Å². The quantitative estimate of drug-likeness (QED) is 0.420. The van der Waals surface area contributed by atoms with E-state index in [1.807, 2.05) is 58.9 Å². The molecular weight excluding hydrogens is 420 g/mol. The smallest absolute Gasteiger partial charge is 0.162 e. The van der Waals surface area contributed by atoms with Crippen molar-refractivity contribution in [3.63, 3.8) is 0 Å². The topological polar surface area (TPSA) is 85.7 Å². The Bertz CT molecular complexity index is 822. The Hall–Kier alpha value is -2.58. The van der Waals surface area contributed by atoms with Crippen LogP contribution in [0.5, 0.6) is 5.75 Å². The number of thioether (sulfide) groups is 1. The van der Waals surface area contributed by atoms with Crippen molar-refractivity contribution in [3.8, 4) is 5.75 Å². The van der Waals surface area contributed by atoms with Crippen LogP contribution in [-0.2, 0) is 0 Å². The van der Waals surface area contributed by atoms with E-state index in [2.05, 4.69) is 36.6 Å². The van der Waals surface area contributed by atoms with Gasteiger partial charge < -0.3 is 20.6 Å². The number of nitrogens with zero attached hydrogens (tertiary/aromatic N) is 4. The molecule has 3 rings (SSSR count). The highest BCUT2D eigenvalue weighted by Gasteiger charge is 2.12. The summed E-state index contributed by atoms with van der Waals surface area (Å²) in [7, 11) is 0. The number of phenols is 1. The summed E-state index contributed by atoms with van der Waals surface area (Å²) in [5, 5.41) is 17.0. The second kappa shape index (κ2) is 17.0. The molecule has 1 aliphatic heterocycles. The Kier molecular flexibility index (Phi) is 14.6. The van der Waals surface area contributed by atoms with E-state index >= 15 is 0 Å². The number of hydrogen-bond acceptors (Lipinski definition) is 7. The van der Waals surface area contributed by atoms with E-state index in [9.17, 15) is 5.11 Å². The van der Waals surface area contributed by atoms with Gasteiger partial charge in [-0.25, -0.2) is 9.97 Å². The molecule has 32 heavy (non-hydrogen) atoms. The van der Waals surface area contributed by atoms with Crippen LogP contribution in [-0.4, -0.2) is 58.7 Å². The number of phenolic OH excluding ortho intramolecular Hbond substituents is 1. The minimum atomic E-state index is 0.272. The second-order valence-electron chi connectivity index (χ2n) is 6.21. The van der Waals surface area contributed by atoms with Crippen molar-refractivity contribution in [1.29, 1.82) is 0 Å². The molecule has 0 bridgehead atoms. The average Bonchev–Trinajstić information content (AvgIpc) is 2.85. The largest absolute Gasteiger partial charge is 0.508 e. The van der Waals surface area contributed by atoms with Gasteiger partial charge in [0.1, 0.15) is 23.7 Å². The third kappa shape index (κ3) is 10.2. The fourth-order valence-corrected chi connectivity index (χ4v) is 3.54. The van der Waals surface area contributed by atoms with Crippen LogP contribution in [0.25, 0.3) is 6.08 Å². The maximum Gasteiger partial charge on any atom is 0.162 e. The van der Waals surface area contributed by atoms with Crippen molar-refractivity contribution in [2.45, 2.75) is 34.6 Å². The first-order valence-corrected chi connectivity index (χ1v) is 12.4. The van der Waals surface area contributed by atoms with Gasteiger partial charge in [0.2, 0.25) is 0 Å². The van der Waals surface area contributed by atoms with Crippen molar-refractivity contribution in [2.75, 3.05) is 48.7 Å². The predicted molar refractivity (Wildman–Crippen MR) is 141 cm³/mol. The van der Waals surface area contributed by atoms with Crippen LogP contribution in [0.15, 0.2) is 47.7 Å². The van der Waals surface area contributed by atoms with Gasteiger partial charge in [0, 0.05) is 44.5 Å². The van der Waals surface area contributed by atoms with E-state index in [0.29, 0.717) is 6.54 Å². The number of nitrogens with one attached hydrogen (secondary N) is 2. The van der Waals surface area contributed by atoms with E-state index in [-0.39, 0.29) is 5.75 Å². The Morgan fingerprint density at radius 2 is 1.94 bits per heavy atom. The first kappa shape index (κ1) is 27.5. The Labute approximate surface area is 197 Å². The summed E-state index contributed by atoms with van der Waals surface area (Å²) in [4.78, 5) is 15.5. The van der Waals surface area contributed by atoms with Gasteiger partial charge in [-0.15, -0.1) is 0 Å². The van der Waals surface area contributed by atoms with Crippen molar-refractivity contribution in [3.05, 3.63) is 48.3 Å². The van der Waals surface area contributed by atoms with E-state index in [1.165, 1.54) is 0 Å². The molecule has 176 valence electrons. The zero-order chi connectivity index (χ0) is 23.6. The number of rotatable bonds is 6. The van der Waals surface area contributed by atoms with Gasteiger partial charge in [-0.05, 0) is 24.6 Å². The average molecular weight is 459 g/mol. The van der Waals surface area contributed by atoms with Crippen LogP contribution in [0.3, 0.4) is 0 Å². The van der Waals surface area contributed by atoms with E-state index in [4.69, 9.17) is 0 Å². The number of aliphatic imine (C=N–C) groups is 1. The molecule has 1 saturated heterocycles. The third-order valence-electron chi connectivity index (χ3n) is 4.13. The lowest BCUT2D eigenvalue weighted by atomic mass is 10.2. The molecule has 1 aromatic heterocycles. The Balaban J connectivity index is 0.00000121. The standard InChI is InChI=1S/C20H26N6OS.2C2H6/c1-2-22-20(28-12-4-6-16-5-3-7-17(27)13-16)25-18-14-19(24-15-23-18)26-10-8-21-9-11-26;2*1-2/h3-7,13-15,21,27H,2,8-12H2,1H3,(H,22,23,24,25);2*1-2H3/b6-4+;;. The van der Waals surface area contributed by atoms with Crippen molar-refractivity contribution >= 4 is 34.6 Å². The number of piperazine rings is 1. The SMILES string of the molecule is CC.CC.CCN=C(Nc1cc(N2CCNCC2)ncn1)SC/C=C/c1cccc(O)c1. The second-order valence-corrected chi connectivity index (χ2v) is 7.22. The number of anilines is 2. The molecule has 3 N–H and O–H groups in total. The fourth-order valence-electron chi connectivity index (χ4n) is 2.80. The highest BCUT2D eigenvalue weighted by Crippen LogP contribution is 2.17. The lowest BCUT2D eigenvalue weighted by Crippen LogP contribution is -2.43. The Morgan fingerprint density at radius 3 is 2.62 bits per heavy atom. The number of amidine groups is 1. The van der Waals surface area contributed by atoms with E-state index < -0.39 is 0 Å². The molecule has 0 saturated carbocycles. The first-order chi connectivity index (χ1) is 15.7. The zero-order valence-electron chi connectivity index (χ0n) is 20.0. The minimum absolute atomic E-state index is 0.272. The molecule has 0 spiro atoms. The number of aromatic nitrogens is 2. The summed E-state index contributed by atoms with van der Waals surface area (Å²) in [6.45, 7) is 14.5. The zero-order valence-corrected chi connectivity index (χ0v) is 20.8. The van der Waals surface area contributed by atoms with Crippen molar-refractivity contribution in [2.24, 2.45) is 4.99 Å². The third-order valence-corrected chi connectivity index (χ3v) is 4.99. The van der Waals surface area contributed by atoms with Crippen molar-refractivity contribution < 1.29 is 5.11 Å². The summed E-state index contributed by atoms with van der Waals surface area (Å²) in [6.07, 6.45) is 5.64. The van der Waals surface area contributed by atoms with Crippen LogP contribution in [0.4, 0.5) is 11.6 Å². The van der Waals surface area contributed by atoms with Crippen LogP contribution in [0.2, 0.25) is 0 Å². The molecule has 0 aliphatic carbocycles. The number of hydrogen-bond donors (Lipinski definition) is 3. The van der Waals surface area contributed by atoms with Gasteiger partial charge in [-0.1, -0.05) is 63.7 Å². The number of aromatic hydroxyl groups is 1. The van der Waals surface area contributed by atoms with Crippen LogP contribution in [0.1, 0.15) is 40.2 Å². The summed E-state index contributed by atoms with van der Waals surface area (Å²) in [6, 6.07) is 9.16. The number of benzene rings is 1. The van der Waals surface area contributed by atoms with Gasteiger partial charge in [0.05, 0.1) is 0 Å². The molecule has 1 aliphatic rings. The molecule has 1 aromatic carbocycles. The maximum absolute atomic E-state index is 9.52. The first-order valence-electron chi connectivity index (χ1n) is 11.4. The summed E-state index contributed by atoms with van der Waals surface area (Å²) in [5.74, 6) is 2.72. The molecule has 7 nitrogen and oxygen atoms in total. The Morgan fingerprint density at radius 1 is 1.19 bits per heavy atom. The fraction of sp³-hybridized carbons (Fsp3) is 0.458. The van der Waals surface area contributed by atoms with Gasteiger partial charge in [0.15, 0.2) is 5.17 Å². The van der Waals surface area contributed by atoms with E-state index in [0.717, 1.165) is 54.3 Å². The molecule has 0 radical (unpaired) electrons. The highest BCUT2D eigenvalue weighted by atomic mass is 32.2. The molecule has 0 atom stereocenters. The maximum atomic E-state index is 9.52. The molecule has 2 heterocycles. The highest BCUT2D eigenvalue weighted by molar-refractivity contribution is 8.14. The lowest BCUT2D eigenvalue weighted by molar-refractivity contribution is 0.475. The summed E-state index contributed by atoms with van der Waals surface area (Å²) in [5.41, 5.74) is 0.971. The minimum Gasteiger partial charge on any atom is -0.508 e. The normalized spacial score (nSPS) is 13.7. The van der Waals surface area contributed by atoms with Gasteiger partial charge in [-0.2, -0.15) is 0 Å². The van der Waals surface area contributed by atoms with Gasteiger partial charge in [0.25, 0.3) is 0 Å². The molecule has 2 aromatic rings.